The molecule has 0 saturated carbocycles. The van der Waals surface area contributed by atoms with Crippen LogP contribution >= 0.6 is 0 Å². The summed E-state index contributed by atoms with van der Waals surface area (Å²) >= 11 is 0. The lowest BCUT2D eigenvalue weighted by molar-refractivity contribution is -0.128. The number of nitrogens with one attached hydrogen (secondary N) is 1. The Morgan fingerprint density at radius 3 is 2.59 bits per heavy atom. The third-order valence-corrected chi connectivity index (χ3v) is 3.88. The highest BCUT2D eigenvalue weighted by atomic mass is 16.5. The Bertz CT molecular complexity index is 651. The smallest absolute Gasteiger partial charge is 0.272 e. The normalized spacial score (nSPS) is 16.6. The topological polar surface area (TPSA) is 44.8 Å². The molecule has 116 valence electrons. The summed E-state index contributed by atoms with van der Waals surface area (Å²) in [7, 11) is 2.09. The molecule has 5 nitrogen and oxygen atoms in total. The van der Waals surface area contributed by atoms with Crippen LogP contribution in [-0.4, -0.2) is 55.6 Å². The van der Waals surface area contributed by atoms with Gasteiger partial charge in [0.15, 0.2) is 6.61 Å². The molecule has 5 heteroatoms. The van der Waals surface area contributed by atoms with Crippen molar-refractivity contribution < 1.29 is 9.53 Å². The van der Waals surface area contributed by atoms with E-state index in [-0.39, 0.29) is 12.5 Å². The fourth-order valence-electron chi connectivity index (χ4n) is 2.53. The molecule has 2 aromatic rings. The maximum atomic E-state index is 11.9. The lowest BCUT2D eigenvalue weighted by Gasteiger charge is -2.32. The second-order valence-corrected chi connectivity index (χ2v) is 5.62. The third-order valence-electron chi connectivity index (χ3n) is 3.88. The number of carbonyl (C=O) groups excluding carboxylic acids is 1. The first-order valence-corrected chi connectivity index (χ1v) is 7.55. The van der Waals surface area contributed by atoms with Crippen molar-refractivity contribution in [2.45, 2.75) is 0 Å². The number of hydrogen-bond acceptors (Lipinski definition) is 4. The molecule has 0 aliphatic carbocycles. The second kappa shape index (κ2) is 6.77. The molecular weight excluding hydrogens is 278 g/mol. The van der Waals surface area contributed by atoms with Gasteiger partial charge in [-0.3, -0.25) is 10.2 Å². The minimum Gasteiger partial charge on any atom is -0.484 e. The van der Waals surface area contributed by atoms with Gasteiger partial charge < -0.3 is 9.64 Å². The van der Waals surface area contributed by atoms with E-state index in [0.29, 0.717) is 5.75 Å². The van der Waals surface area contributed by atoms with Crippen LogP contribution in [0.3, 0.4) is 0 Å². The Morgan fingerprint density at radius 2 is 1.82 bits per heavy atom. The first kappa shape index (κ1) is 14.8. The van der Waals surface area contributed by atoms with Crippen molar-refractivity contribution in [3.05, 3.63) is 42.5 Å². The second-order valence-electron chi connectivity index (χ2n) is 5.62. The van der Waals surface area contributed by atoms with Crippen LogP contribution in [0.2, 0.25) is 0 Å². The van der Waals surface area contributed by atoms with Gasteiger partial charge in [-0.15, -0.1) is 0 Å². The number of likely N-dealkylation sites (N-methyl/N-ethyl adjacent to an activating group) is 1. The molecule has 0 radical (unpaired) electrons. The average Bonchev–Trinajstić information content (AvgIpc) is 2.55. The molecule has 2 aromatic carbocycles. The standard InChI is InChI=1S/C17H21N3O2/c1-19-8-10-20(11-9-19)18-17(21)13-22-16-7-6-14-4-2-3-5-15(14)12-16/h2-7,12H,8-11,13H2,1H3,(H,18,21). The molecule has 1 aliphatic heterocycles. The number of hydrazine groups is 1. The molecule has 1 aliphatic rings. The zero-order valence-corrected chi connectivity index (χ0v) is 12.8. The van der Waals surface area contributed by atoms with Gasteiger partial charge in [0.25, 0.3) is 5.91 Å². The van der Waals surface area contributed by atoms with Gasteiger partial charge in [0.2, 0.25) is 0 Å². The van der Waals surface area contributed by atoms with E-state index < -0.39 is 0 Å². The van der Waals surface area contributed by atoms with Gasteiger partial charge in [-0.25, -0.2) is 5.01 Å². The predicted octanol–water partition coefficient (Wildman–Crippen LogP) is 1.50. The lowest BCUT2D eigenvalue weighted by atomic mass is 10.1. The molecule has 0 spiro atoms. The summed E-state index contributed by atoms with van der Waals surface area (Å²) in [5.74, 6) is 0.602. The first-order valence-electron chi connectivity index (χ1n) is 7.55. The maximum absolute atomic E-state index is 11.9. The van der Waals surface area contributed by atoms with E-state index in [2.05, 4.69) is 23.4 Å². The first-order chi connectivity index (χ1) is 10.7. The van der Waals surface area contributed by atoms with Crippen LogP contribution in [-0.2, 0) is 4.79 Å². The molecule has 1 heterocycles. The van der Waals surface area contributed by atoms with E-state index in [4.69, 9.17) is 4.74 Å². The average molecular weight is 299 g/mol. The van der Waals surface area contributed by atoms with Crippen molar-refractivity contribution in [1.82, 2.24) is 15.3 Å². The Morgan fingerprint density at radius 1 is 1.09 bits per heavy atom. The van der Waals surface area contributed by atoms with Gasteiger partial charge in [-0.1, -0.05) is 30.3 Å². The van der Waals surface area contributed by atoms with E-state index >= 15 is 0 Å². The number of rotatable bonds is 4. The highest BCUT2D eigenvalue weighted by Gasteiger charge is 2.15. The molecule has 22 heavy (non-hydrogen) atoms. The minimum atomic E-state index is -0.113. The lowest BCUT2D eigenvalue weighted by Crippen LogP contribution is -2.53. The van der Waals surface area contributed by atoms with Gasteiger partial charge >= 0.3 is 0 Å². The number of piperazine rings is 1. The van der Waals surface area contributed by atoms with Gasteiger partial charge in [-0.2, -0.15) is 0 Å². The molecular formula is C17H21N3O2. The van der Waals surface area contributed by atoms with Crippen LogP contribution in [0.4, 0.5) is 0 Å². The van der Waals surface area contributed by atoms with Crippen molar-refractivity contribution in [2.24, 2.45) is 0 Å². The zero-order chi connectivity index (χ0) is 15.4. The zero-order valence-electron chi connectivity index (χ0n) is 12.8. The van der Waals surface area contributed by atoms with Crippen molar-refractivity contribution in [1.29, 1.82) is 0 Å². The SMILES string of the molecule is CN1CCN(NC(=O)COc2ccc3ccccc3c2)CC1. The van der Waals surface area contributed by atoms with Gasteiger partial charge in [0, 0.05) is 26.2 Å². The quantitative estimate of drug-likeness (QED) is 0.929. The van der Waals surface area contributed by atoms with Crippen molar-refractivity contribution in [3.8, 4) is 5.75 Å². The van der Waals surface area contributed by atoms with Crippen LogP contribution < -0.4 is 10.2 Å². The Kier molecular flexibility index (Phi) is 4.56. The van der Waals surface area contributed by atoms with Crippen LogP contribution in [0, 0.1) is 0 Å². The summed E-state index contributed by atoms with van der Waals surface area (Å²) in [6.07, 6.45) is 0. The third kappa shape index (κ3) is 3.75. The molecule has 0 bridgehead atoms. The number of hydrogen-bond donors (Lipinski definition) is 1. The number of amides is 1. The molecule has 1 saturated heterocycles. The highest BCUT2D eigenvalue weighted by molar-refractivity contribution is 5.84. The molecule has 0 unspecified atom stereocenters. The Hall–Kier alpha value is -2.11. The van der Waals surface area contributed by atoms with Crippen LogP contribution in [0.25, 0.3) is 10.8 Å². The molecule has 1 amide bonds. The van der Waals surface area contributed by atoms with Gasteiger partial charge in [-0.05, 0) is 30.0 Å². The highest BCUT2D eigenvalue weighted by Crippen LogP contribution is 2.20. The van der Waals surface area contributed by atoms with E-state index in [0.717, 1.165) is 37.0 Å². The van der Waals surface area contributed by atoms with E-state index in [9.17, 15) is 4.79 Å². The monoisotopic (exact) mass is 299 g/mol. The molecule has 3 rings (SSSR count). The van der Waals surface area contributed by atoms with E-state index in [1.807, 2.05) is 41.4 Å². The molecule has 1 fully saturated rings. The van der Waals surface area contributed by atoms with Crippen LogP contribution in [0.5, 0.6) is 5.75 Å². The van der Waals surface area contributed by atoms with Crippen molar-refractivity contribution in [3.63, 3.8) is 0 Å². The minimum absolute atomic E-state index is 0.0324. The molecule has 1 N–H and O–H groups in total. The summed E-state index contributed by atoms with van der Waals surface area (Å²) in [5, 5.41) is 4.22. The number of carbonyl (C=O) groups is 1. The summed E-state index contributed by atoms with van der Waals surface area (Å²) in [4.78, 5) is 14.2. The Balaban J connectivity index is 1.51. The number of ether oxygens (including phenoxy) is 1. The summed E-state index contributed by atoms with van der Waals surface area (Å²) in [6.45, 7) is 3.65. The molecule has 0 aromatic heterocycles. The van der Waals surface area contributed by atoms with E-state index in [1.54, 1.807) is 0 Å². The fraction of sp³-hybridized carbons (Fsp3) is 0.353. The number of fused-ring (bicyclic) bond motifs is 1. The summed E-state index contributed by atoms with van der Waals surface area (Å²) in [6, 6.07) is 13.9. The summed E-state index contributed by atoms with van der Waals surface area (Å²) < 4.78 is 5.59. The molecule has 0 atom stereocenters. The summed E-state index contributed by atoms with van der Waals surface area (Å²) in [5.41, 5.74) is 2.89. The predicted molar refractivity (Wildman–Crippen MR) is 86.7 cm³/mol. The largest absolute Gasteiger partial charge is 0.484 e. The maximum Gasteiger partial charge on any atom is 0.272 e. The van der Waals surface area contributed by atoms with Crippen LogP contribution in [0.1, 0.15) is 0 Å². The van der Waals surface area contributed by atoms with E-state index in [1.165, 1.54) is 0 Å². The number of nitrogens with zero attached hydrogens (tertiary/aromatic N) is 2. The van der Waals surface area contributed by atoms with Crippen LogP contribution in [0.15, 0.2) is 42.5 Å². The van der Waals surface area contributed by atoms with Crippen molar-refractivity contribution in [2.75, 3.05) is 39.8 Å². The van der Waals surface area contributed by atoms with Crippen molar-refractivity contribution >= 4 is 16.7 Å². The number of benzene rings is 2. The fourth-order valence-corrected chi connectivity index (χ4v) is 2.53. The van der Waals surface area contributed by atoms with Gasteiger partial charge in [0.05, 0.1) is 0 Å². The Labute approximate surface area is 130 Å². The van der Waals surface area contributed by atoms with Gasteiger partial charge in [0.1, 0.15) is 5.75 Å².